The molecule has 3 fully saturated rings. The highest BCUT2D eigenvalue weighted by Crippen LogP contribution is 2.47. The number of halogens is 2. The van der Waals surface area contributed by atoms with Gasteiger partial charge in [-0.2, -0.15) is 0 Å². The van der Waals surface area contributed by atoms with Crippen molar-refractivity contribution >= 4 is 46.2 Å². The largest absolute Gasteiger partial charge is 0.478 e. The Bertz CT molecular complexity index is 1560. The fourth-order valence-corrected chi connectivity index (χ4v) is 6.97. The van der Waals surface area contributed by atoms with Crippen LogP contribution in [0.2, 0.25) is 10.0 Å². The molecule has 1 N–H and O–H groups in total. The second-order valence-corrected chi connectivity index (χ2v) is 11.9. The number of rotatable bonds is 7. The van der Waals surface area contributed by atoms with Crippen molar-refractivity contribution in [3.05, 3.63) is 63.3 Å². The Morgan fingerprint density at radius 1 is 1.13 bits per heavy atom. The summed E-state index contributed by atoms with van der Waals surface area (Å²) >= 11 is 13.0. The third kappa shape index (κ3) is 4.39. The summed E-state index contributed by atoms with van der Waals surface area (Å²) in [6.45, 7) is 2.25. The lowest BCUT2D eigenvalue weighted by molar-refractivity contribution is 0.0402. The van der Waals surface area contributed by atoms with E-state index in [1.54, 1.807) is 12.1 Å². The number of benzene rings is 2. The Kier molecular flexibility index (Phi) is 6.10. The van der Waals surface area contributed by atoms with Gasteiger partial charge >= 0.3 is 5.97 Å². The number of anilines is 1. The van der Waals surface area contributed by atoms with Gasteiger partial charge in [-0.05, 0) is 67.9 Å². The van der Waals surface area contributed by atoms with Gasteiger partial charge in [-0.1, -0.05) is 34.4 Å². The molecule has 0 unspecified atom stereocenters. The van der Waals surface area contributed by atoms with Crippen molar-refractivity contribution in [2.24, 2.45) is 18.9 Å². The van der Waals surface area contributed by atoms with Crippen molar-refractivity contribution in [1.82, 2.24) is 14.7 Å². The Morgan fingerprint density at radius 3 is 2.51 bits per heavy atom. The van der Waals surface area contributed by atoms with Crippen LogP contribution in [0.4, 0.5) is 5.95 Å². The number of hydrogen-bond donors (Lipinski definition) is 1. The molecule has 8 nitrogen and oxygen atoms in total. The van der Waals surface area contributed by atoms with Crippen LogP contribution in [0.15, 0.2) is 40.9 Å². The number of fused-ring (bicyclic) bond motifs is 2. The number of aryl methyl sites for hydroxylation is 1. The smallest absolute Gasteiger partial charge is 0.335 e. The molecule has 1 saturated heterocycles. The van der Waals surface area contributed by atoms with E-state index in [0.29, 0.717) is 51.2 Å². The number of aromatic carboxylic acids is 1. The van der Waals surface area contributed by atoms with E-state index >= 15 is 0 Å². The average Bonchev–Trinajstić information content (AvgIpc) is 3.21. The molecule has 2 aromatic carbocycles. The molecule has 4 aromatic rings. The zero-order chi connectivity index (χ0) is 26.8. The van der Waals surface area contributed by atoms with Crippen LogP contribution in [-0.2, 0) is 18.4 Å². The van der Waals surface area contributed by atoms with E-state index in [0.717, 1.165) is 61.6 Å². The minimum Gasteiger partial charge on any atom is -0.478 e. The fourth-order valence-electron chi connectivity index (χ4n) is 6.40. The monoisotopic (exact) mass is 566 g/mol. The van der Waals surface area contributed by atoms with Gasteiger partial charge in [-0.15, -0.1) is 0 Å². The van der Waals surface area contributed by atoms with Crippen LogP contribution >= 0.6 is 23.2 Å². The molecule has 0 amide bonds. The Hall–Kier alpha value is -3.07. The number of ether oxygens (including phenoxy) is 1. The van der Waals surface area contributed by atoms with E-state index in [9.17, 15) is 9.90 Å². The van der Waals surface area contributed by atoms with Crippen molar-refractivity contribution in [2.75, 3.05) is 18.0 Å². The summed E-state index contributed by atoms with van der Waals surface area (Å²) in [6, 6.07) is 10.6. The summed E-state index contributed by atoms with van der Waals surface area (Å²) in [5, 5.41) is 14.8. The maximum absolute atomic E-state index is 11.4. The van der Waals surface area contributed by atoms with Crippen molar-refractivity contribution in [1.29, 1.82) is 0 Å². The number of carbonyl (C=O) groups is 1. The van der Waals surface area contributed by atoms with Crippen LogP contribution in [-0.4, -0.2) is 45.0 Å². The maximum Gasteiger partial charge on any atom is 0.335 e. The van der Waals surface area contributed by atoms with Crippen molar-refractivity contribution in [2.45, 2.75) is 44.3 Å². The van der Waals surface area contributed by atoms with Crippen molar-refractivity contribution in [3.8, 4) is 11.3 Å². The Labute approximate surface area is 235 Å². The molecule has 3 aliphatic rings. The van der Waals surface area contributed by atoms with Gasteiger partial charge in [-0.25, -0.2) is 9.78 Å². The molecule has 2 saturated carbocycles. The molecule has 202 valence electrons. The lowest BCUT2D eigenvalue weighted by Gasteiger charge is -2.20. The van der Waals surface area contributed by atoms with Crippen LogP contribution in [0, 0.1) is 11.8 Å². The summed E-state index contributed by atoms with van der Waals surface area (Å²) in [7, 11) is 1.99. The van der Waals surface area contributed by atoms with E-state index in [2.05, 4.69) is 14.6 Å². The van der Waals surface area contributed by atoms with E-state index < -0.39 is 5.97 Å². The van der Waals surface area contributed by atoms with Gasteiger partial charge in [0.15, 0.2) is 0 Å². The topological polar surface area (TPSA) is 93.6 Å². The standard InChI is InChI=1S/C29H28Cl2N4O4/c1-34-24-8-7-16(28(36)37)11-23(24)32-29(34)35-12-17-9-19(10-18(17)13-35)38-14-20-26(33-39-27(20)15-5-6-15)25-21(30)3-2-4-22(25)31/h2-4,7-8,11,15,17-19H,5-6,9-10,12-14H2,1H3,(H,36,37)/t17-,18+,19+. The van der Waals surface area contributed by atoms with E-state index in [4.69, 9.17) is 37.4 Å². The third-order valence-electron chi connectivity index (χ3n) is 8.52. The molecular formula is C29H28Cl2N4O4. The average molecular weight is 567 g/mol. The molecule has 7 rings (SSSR count). The number of hydrogen-bond acceptors (Lipinski definition) is 6. The minimum atomic E-state index is -0.941. The predicted octanol–water partition coefficient (Wildman–Crippen LogP) is 6.54. The molecule has 3 atom stereocenters. The first-order chi connectivity index (χ1) is 18.9. The van der Waals surface area contributed by atoms with E-state index in [1.807, 2.05) is 31.3 Å². The first-order valence-electron chi connectivity index (χ1n) is 13.4. The van der Waals surface area contributed by atoms with Crippen LogP contribution in [0.1, 0.15) is 53.3 Å². The highest BCUT2D eigenvalue weighted by atomic mass is 35.5. The number of carboxylic acids is 1. The first-order valence-corrected chi connectivity index (χ1v) is 14.1. The number of nitrogens with zero attached hydrogens (tertiary/aromatic N) is 4. The molecule has 2 aromatic heterocycles. The van der Waals surface area contributed by atoms with Gasteiger partial charge in [0, 0.05) is 37.2 Å². The molecule has 0 spiro atoms. The second kappa shape index (κ2) is 9.54. The van der Waals surface area contributed by atoms with Gasteiger partial charge in [0.2, 0.25) is 5.95 Å². The van der Waals surface area contributed by atoms with Crippen LogP contribution < -0.4 is 4.90 Å². The molecule has 0 bridgehead atoms. The quantitative estimate of drug-likeness (QED) is 0.271. The highest BCUT2D eigenvalue weighted by Gasteiger charge is 2.43. The summed E-state index contributed by atoms with van der Waals surface area (Å²) in [5.74, 6) is 2.28. The molecule has 3 heterocycles. The van der Waals surface area contributed by atoms with Crippen molar-refractivity contribution < 1.29 is 19.2 Å². The summed E-state index contributed by atoms with van der Waals surface area (Å²) in [4.78, 5) is 18.5. The van der Waals surface area contributed by atoms with Gasteiger partial charge in [0.05, 0.1) is 39.4 Å². The van der Waals surface area contributed by atoms with Gasteiger partial charge < -0.3 is 23.8 Å². The van der Waals surface area contributed by atoms with Crippen LogP contribution in [0.5, 0.6) is 0 Å². The molecular weight excluding hydrogens is 539 g/mol. The molecule has 0 radical (unpaired) electrons. The zero-order valence-electron chi connectivity index (χ0n) is 21.4. The lowest BCUT2D eigenvalue weighted by Crippen LogP contribution is -2.25. The SMILES string of the molecule is Cn1c(N2C[C@H]3C[C@H](OCc4c(-c5c(Cl)cccc5Cl)noc4C4CC4)C[C@H]3C2)nc2cc(C(=O)O)ccc21. The van der Waals surface area contributed by atoms with E-state index in [1.165, 1.54) is 0 Å². The Morgan fingerprint density at radius 2 is 1.85 bits per heavy atom. The first kappa shape index (κ1) is 24.9. The molecule has 39 heavy (non-hydrogen) atoms. The fraction of sp³-hybridized carbons (Fsp3) is 0.414. The lowest BCUT2D eigenvalue weighted by atomic mass is 10.0. The zero-order valence-corrected chi connectivity index (χ0v) is 23.0. The molecule has 10 heteroatoms. The number of aromatic nitrogens is 3. The third-order valence-corrected chi connectivity index (χ3v) is 9.15. The summed E-state index contributed by atoms with van der Waals surface area (Å²) in [6.07, 6.45) is 4.33. The Balaban J connectivity index is 1.05. The van der Waals surface area contributed by atoms with Crippen LogP contribution in [0.3, 0.4) is 0 Å². The second-order valence-electron chi connectivity index (χ2n) is 11.1. The maximum atomic E-state index is 11.4. The van der Waals surface area contributed by atoms with Gasteiger partial charge in [-0.3, -0.25) is 0 Å². The molecule has 2 aliphatic carbocycles. The normalized spacial score (nSPS) is 22.6. The van der Waals surface area contributed by atoms with Gasteiger partial charge in [0.1, 0.15) is 11.5 Å². The summed E-state index contributed by atoms with van der Waals surface area (Å²) in [5.41, 5.74) is 4.24. The predicted molar refractivity (Wildman–Crippen MR) is 149 cm³/mol. The van der Waals surface area contributed by atoms with E-state index in [-0.39, 0.29) is 11.7 Å². The number of imidazole rings is 1. The number of carboxylic acid groups (broad SMARTS) is 1. The minimum absolute atomic E-state index is 0.164. The van der Waals surface area contributed by atoms with Crippen LogP contribution in [0.25, 0.3) is 22.3 Å². The molecule has 1 aliphatic heterocycles. The van der Waals surface area contributed by atoms with Crippen molar-refractivity contribution in [3.63, 3.8) is 0 Å². The van der Waals surface area contributed by atoms with Gasteiger partial charge in [0.25, 0.3) is 0 Å². The summed E-state index contributed by atoms with van der Waals surface area (Å²) < 4.78 is 14.4. The highest BCUT2D eigenvalue weighted by molar-refractivity contribution is 6.39.